The Kier molecular flexibility index (Phi) is 5.74. The fourth-order valence-corrected chi connectivity index (χ4v) is 4.99. The van der Waals surface area contributed by atoms with Crippen LogP contribution >= 0.6 is 0 Å². The van der Waals surface area contributed by atoms with Crippen molar-refractivity contribution in [3.63, 3.8) is 0 Å². The van der Waals surface area contributed by atoms with E-state index in [1.807, 2.05) is 37.3 Å². The van der Waals surface area contributed by atoms with E-state index in [0.717, 1.165) is 45.9 Å². The summed E-state index contributed by atoms with van der Waals surface area (Å²) in [6.45, 7) is 2.51. The lowest BCUT2D eigenvalue weighted by Gasteiger charge is -2.37. The molecule has 4 rings (SSSR count). The predicted molar refractivity (Wildman–Crippen MR) is 115 cm³/mol. The maximum atomic E-state index is 12.0. The van der Waals surface area contributed by atoms with Crippen LogP contribution in [-0.4, -0.2) is 47.1 Å². The zero-order valence-electron chi connectivity index (χ0n) is 17.1. The molecule has 1 N–H and O–H groups in total. The van der Waals surface area contributed by atoms with Gasteiger partial charge in [0, 0.05) is 39.0 Å². The summed E-state index contributed by atoms with van der Waals surface area (Å²) in [5.74, 6) is 1.55. The summed E-state index contributed by atoms with van der Waals surface area (Å²) in [6, 6.07) is 12.0. The summed E-state index contributed by atoms with van der Waals surface area (Å²) in [4.78, 5) is 5.89. The Bertz CT molecular complexity index is 971. The van der Waals surface area contributed by atoms with Gasteiger partial charge < -0.3 is 14.6 Å². The second-order valence-electron chi connectivity index (χ2n) is 7.62. The van der Waals surface area contributed by atoms with Crippen LogP contribution in [0, 0.1) is 0 Å². The van der Waals surface area contributed by atoms with Crippen molar-refractivity contribution in [3.05, 3.63) is 53.1 Å². The van der Waals surface area contributed by atoms with Gasteiger partial charge in [-0.1, -0.05) is 12.1 Å². The molecule has 0 bridgehead atoms. The van der Waals surface area contributed by atoms with Gasteiger partial charge >= 0.3 is 0 Å². The van der Waals surface area contributed by atoms with E-state index in [-0.39, 0.29) is 18.1 Å². The molecule has 0 spiro atoms. The van der Waals surface area contributed by atoms with Gasteiger partial charge in [0.25, 0.3) is 0 Å². The number of ether oxygens (including phenoxy) is 2. The summed E-state index contributed by atoms with van der Waals surface area (Å²) in [7, 11) is 0.577. The first-order valence-corrected chi connectivity index (χ1v) is 11.6. The van der Waals surface area contributed by atoms with E-state index >= 15 is 0 Å². The summed E-state index contributed by atoms with van der Waals surface area (Å²) in [6.07, 6.45) is 3.70. The van der Waals surface area contributed by atoms with Crippen LogP contribution in [0.2, 0.25) is 0 Å². The smallest absolute Gasteiger partial charge is 0.161 e. The quantitative estimate of drug-likeness (QED) is 0.812. The van der Waals surface area contributed by atoms with Crippen molar-refractivity contribution in [1.29, 1.82) is 0 Å². The van der Waals surface area contributed by atoms with E-state index in [1.54, 1.807) is 13.4 Å². The minimum atomic E-state index is -1.06. The van der Waals surface area contributed by atoms with Crippen molar-refractivity contribution >= 4 is 16.5 Å². The molecule has 1 unspecified atom stereocenters. The topological polar surface area (TPSA) is 68.1 Å². The molecule has 0 aromatic heterocycles. The number of aliphatic hydroxyl groups excluding tert-OH is 1. The van der Waals surface area contributed by atoms with Crippen LogP contribution < -0.4 is 9.47 Å². The van der Waals surface area contributed by atoms with Crippen LogP contribution in [0.4, 0.5) is 0 Å². The van der Waals surface area contributed by atoms with E-state index < -0.39 is 10.8 Å². The van der Waals surface area contributed by atoms with Crippen LogP contribution in [0.5, 0.6) is 11.5 Å². The highest BCUT2D eigenvalue weighted by Crippen LogP contribution is 2.45. The molecule has 1 saturated carbocycles. The number of benzene rings is 2. The Labute approximate surface area is 174 Å². The van der Waals surface area contributed by atoms with Crippen molar-refractivity contribution in [3.8, 4) is 11.5 Å². The molecule has 0 amide bonds. The Morgan fingerprint density at radius 1 is 1.21 bits per heavy atom. The summed E-state index contributed by atoms with van der Waals surface area (Å²) in [5, 5.41) is 10.3. The molecule has 154 valence electrons. The lowest BCUT2D eigenvalue weighted by Crippen LogP contribution is -2.34. The zero-order chi connectivity index (χ0) is 20.5. The largest absolute Gasteiger partial charge is 0.493 e. The maximum Gasteiger partial charge on any atom is 0.161 e. The molecule has 5 nitrogen and oxygen atoms in total. The fourth-order valence-electron chi connectivity index (χ4n) is 4.42. The molecule has 0 saturated heterocycles. The third-order valence-electron chi connectivity index (χ3n) is 5.81. The molecule has 4 atom stereocenters. The maximum absolute atomic E-state index is 12.0. The average Bonchev–Trinajstić information content (AvgIpc) is 2.73. The van der Waals surface area contributed by atoms with Crippen molar-refractivity contribution in [2.24, 2.45) is 4.99 Å². The SMILES string of the molecule is CCOc1cc2c(cc1OC)C(c1cccc(S(C)=O)c1)=N[C@@H]1CC[C@@H](O)C[C@H]21. The molecular formula is C23H27NO4S. The van der Waals surface area contributed by atoms with Crippen LogP contribution in [0.1, 0.15) is 48.8 Å². The molecule has 1 aliphatic heterocycles. The number of nitrogens with zero attached hydrogens (tertiary/aromatic N) is 1. The Morgan fingerprint density at radius 3 is 2.76 bits per heavy atom. The highest BCUT2D eigenvalue weighted by molar-refractivity contribution is 7.84. The zero-order valence-corrected chi connectivity index (χ0v) is 17.9. The van der Waals surface area contributed by atoms with Gasteiger partial charge in [-0.25, -0.2) is 0 Å². The van der Waals surface area contributed by atoms with Gasteiger partial charge in [-0.3, -0.25) is 9.20 Å². The van der Waals surface area contributed by atoms with E-state index in [9.17, 15) is 9.32 Å². The minimum Gasteiger partial charge on any atom is -0.493 e. The van der Waals surface area contributed by atoms with Crippen LogP contribution in [0.25, 0.3) is 0 Å². The second kappa shape index (κ2) is 8.28. The number of aliphatic hydroxyl groups is 1. The van der Waals surface area contributed by atoms with Crippen molar-refractivity contribution < 1.29 is 18.8 Å². The normalized spacial score (nSPS) is 24.1. The minimum absolute atomic E-state index is 0.125. The van der Waals surface area contributed by atoms with E-state index in [0.29, 0.717) is 18.8 Å². The third kappa shape index (κ3) is 3.83. The molecule has 2 aliphatic rings. The molecule has 6 heteroatoms. The van der Waals surface area contributed by atoms with Gasteiger partial charge in [-0.15, -0.1) is 0 Å². The average molecular weight is 414 g/mol. The van der Waals surface area contributed by atoms with Crippen molar-refractivity contribution in [1.82, 2.24) is 0 Å². The number of rotatable bonds is 5. The van der Waals surface area contributed by atoms with E-state index in [1.165, 1.54) is 0 Å². The fraction of sp³-hybridized carbons (Fsp3) is 0.435. The highest BCUT2D eigenvalue weighted by atomic mass is 32.2. The van der Waals surface area contributed by atoms with E-state index in [4.69, 9.17) is 14.5 Å². The van der Waals surface area contributed by atoms with Gasteiger partial charge in [0.1, 0.15) is 0 Å². The number of hydrogen-bond donors (Lipinski definition) is 1. The Balaban J connectivity index is 1.89. The summed E-state index contributed by atoms with van der Waals surface area (Å²) >= 11 is 0. The van der Waals surface area contributed by atoms with Crippen LogP contribution in [0.3, 0.4) is 0 Å². The Morgan fingerprint density at radius 2 is 2.03 bits per heavy atom. The monoisotopic (exact) mass is 413 g/mol. The lowest BCUT2D eigenvalue weighted by atomic mass is 9.74. The molecule has 1 aliphatic carbocycles. The first-order valence-electron chi connectivity index (χ1n) is 10.1. The standard InChI is InChI=1S/C23H27NO4S/c1-4-28-22-12-17-18-11-15(25)8-9-20(18)24-23(19(17)13-21(22)27-2)14-6-5-7-16(10-14)29(3)26/h5-7,10,12-13,15,18,20,25H,4,8-9,11H2,1-3H3/t15-,18-,20-,29?/m1/s1. The molecule has 2 aromatic carbocycles. The Hall–Kier alpha value is -2.18. The van der Waals surface area contributed by atoms with Crippen molar-refractivity contribution in [2.45, 2.75) is 49.1 Å². The molecule has 29 heavy (non-hydrogen) atoms. The number of methoxy groups -OCH3 is 1. The summed E-state index contributed by atoms with van der Waals surface area (Å²) < 4.78 is 23.4. The first kappa shape index (κ1) is 20.1. The first-order chi connectivity index (χ1) is 14.0. The predicted octanol–water partition coefficient (Wildman–Crippen LogP) is 3.68. The number of aliphatic imine (C=N–C) groups is 1. The van der Waals surface area contributed by atoms with E-state index in [2.05, 4.69) is 6.07 Å². The molecule has 1 heterocycles. The molecular weight excluding hydrogens is 386 g/mol. The third-order valence-corrected chi connectivity index (χ3v) is 6.73. The number of hydrogen-bond acceptors (Lipinski definition) is 5. The van der Waals surface area contributed by atoms with Crippen LogP contribution in [0.15, 0.2) is 46.3 Å². The molecule has 1 fully saturated rings. The van der Waals surface area contributed by atoms with Gasteiger partial charge in [-0.2, -0.15) is 0 Å². The van der Waals surface area contributed by atoms with Crippen LogP contribution in [-0.2, 0) is 10.8 Å². The summed E-state index contributed by atoms with van der Waals surface area (Å²) in [5.41, 5.74) is 3.99. The molecule has 0 radical (unpaired) electrons. The lowest BCUT2D eigenvalue weighted by molar-refractivity contribution is 0.111. The molecule has 2 aromatic rings. The van der Waals surface area contributed by atoms with Gasteiger partial charge in [0.15, 0.2) is 11.5 Å². The van der Waals surface area contributed by atoms with Crippen molar-refractivity contribution in [2.75, 3.05) is 20.0 Å². The number of fused-ring (bicyclic) bond motifs is 3. The van der Waals surface area contributed by atoms with Gasteiger partial charge in [0.05, 0.1) is 31.6 Å². The van der Waals surface area contributed by atoms with Gasteiger partial charge in [-0.05, 0) is 56.0 Å². The second-order valence-corrected chi connectivity index (χ2v) is 9.00. The van der Waals surface area contributed by atoms with Gasteiger partial charge in [0.2, 0.25) is 0 Å². The highest BCUT2D eigenvalue weighted by Gasteiger charge is 2.37.